The van der Waals surface area contributed by atoms with Crippen LogP contribution < -0.4 is 5.73 Å². The Morgan fingerprint density at radius 3 is 3.12 bits per heavy atom. The summed E-state index contributed by atoms with van der Waals surface area (Å²) in [5.41, 5.74) is 6.27. The van der Waals surface area contributed by atoms with Crippen LogP contribution in [0.5, 0.6) is 0 Å². The molecule has 7 heteroatoms. The summed E-state index contributed by atoms with van der Waals surface area (Å²) in [5, 5.41) is 10.2. The summed E-state index contributed by atoms with van der Waals surface area (Å²) in [6.07, 6.45) is 3.13. The van der Waals surface area contributed by atoms with Gasteiger partial charge in [-0.05, 0) is 6.42 Å². The molecule has 86 valence electrons. The van der Waals surface area contributed by atoms with Gasteiger partial charge < -0.3 is 15.0 Å². The van der Waals surface area contributed by atoms with Gasteiger partial charge >= 0.3 is 0 Å². The van der Waals surface area contributed by atoms with Crippen molar-refractivity contribution in [1.29, 1.82) is 0 Å². The maximum absolute atomic E-state index is 5.64. The molecular weight excluding hydrogens is 210 g/mol. The van der Waals surface area contributed by atoms with E-state index in [4.69, 9.17) is 15.0 Å². The molecule has 0 unspecified atom stereocenters. The largest absolute Gasteiger partial charge is 0.385 e. The number of aromatic amines is 1. The molecule has 0 radical (unpaired) electrons. The maximum atomic E-state index is 5.64. The summed E-state index contributed by atoms with van der Waals surface area (Å²) >= 11 is 0. The maximum Gasteiger partial charge on any atom is 0.263 e. The molecule has 0 saturated carbocycles. The lowest BCUT2D eigenvalue weighted by Crippen LogP contribution is -1.94. The van der Waals surface area contributed by atoms with E-state index in [2.05, 4.69) is 20.3 Å². The molecule has 2 aromatic heterocycles. The number of nitrogen functional groups attached to an aromatic ring is 1. The molecule has 0 aliphatic heterocycles. The molecule has 2 rings (SSSR count). The predicted octanol–water partition coefficient (Wildman–Crippen LogP) is 0.621. The highest BCUT2D eigenvalue weighted by molar-refractivity contribution is 5.65. The Bertz CT molecular complexity index is 450. The molecule has 0 amide bonds. The number of aryl methyl sites for hydroxylation is 1. The SMILES string of the molecule is COCCCc1noc(-c2cn[nH]c2N)n1. The number of nitrogens with zero attached hydrogens (tertiary/aromatic N) is 3. The molecule has 3 N–H and O–H groups in total. The molecule has 0 saturated heterocycles. The average Bonchev–Trinajstić information content (AvgIpc) is 2.87. The summed E-state index contributed by atoms with van der Waals surface area (Å²) in [7, 11) is 1.66. The molecule has 16 heavy (non-hydrogen) atoms. The van der Waals surface area contributed by atoms with Crippen molar-refractivity contribution in [3.63, 3.8) is 0 Å². The van der Waals surface area contributed by atoms with Crippen LogP contribution in [0.1, 0.15) is 12.2 Å². The van der Waals surface area contributed by atoms with Gasteiger partial charge in [-0.1, -0.05) is 5.16 Å². The minimum Gasteiger partial charge on any atom is -0.385 e. The van der Waals surface area contributed by atoms with Gasteiger partial charge in [-0.15, -0.1) is 0 Å². The highest BCUT2D eigenvalue weighted by atomic mass is 16.5. The van der Waals surface area contributed by atoms with Gasteiger partial charge in [0.15, 0.2) is 5.82 Å². The van der Waals surface area contributed by atoms with E-state index in [0.29, 0.717) is 29.7 Å². The van der Waals surface area contributed by atoms with Crippen LogP contribution >= 0.6 is 0 Å². The Hall–Kier alpha value is -1.89. The Kier molecular flexibility index (Phi) is 3.16. The molecule has 2 aromatic rings. The number of hydrogen-bond donors (Lipinski definition) is 2. The summed E-state index contributed by atoms with van der Waals surface area (Å²) < 4.78 is 10.0. The standard InChI is InChI=1S/C9H13N5O2/c1-15-4-2-3-7-12-9(16-14-7)6-5-11-13-8(6)10/h5H,2-4H2,1H3,(H3,10,11,13). The second-order valence-electron chi connectivity index (χ2n) is 3.31. The van der Waals surface area contributed by atoms with Crippen LogP contribution in [0.4, 0.5) is 5.82 Å². The minimum atomic E-state index is 0.388. The van der Waals surface area contributed by atoms with Crippen LogP contribution in [0, 0.1) is 0 Å². The van der Waals surface area contributed by atoms with Crippen molar-refractivity contribution in [2.45, 2.75) is 12.8 Å². The first kappa shape index (κ1) is 10.6. The Labute approximate surface area is 92.0 Å². The molecule has 2 heterocycles. The zero-order chi connectivity index (χ0) is 11.4. The predicted molar refractivity (Wildman–Crippen MR) is 56.5 cm³/mol. The van der Waals surface area contributed by atoms with Crippen molar-refractivity contribution in [2.75, 3.05) is 19.5 Å². The van der Waals surface area contributed by atoms with E-state index in [1.54, 1.807) is 13.3 Å². The number of methoxy groups -OCH3 is 1. The lowest BCUT2D eigenvalue weighted by molar-refractivity contribution is 0.194. The van der Waals surface area contributed by atoms with Crippen molar-refractivity contribution in [1.82, 2.24) is 20.3 Å². The number of rotatable bonds is 5. The molecule has 0 aromatic carbocycles. The van der Waals surface area contributed by atoms with E-state index in [9.17, 15) is 0 Å². The van der Waals surface area contributed by atoms with E-state index in [-0.39, 0.29) is 0 Å². The number of aromatic nitrogens is 4. The quantitative estimate of drug-likeness (QED) is 0.720. The van der Waals surface area contributed by atoms with E-state index >= 15 is 0 Å². The fourth-order valence-electron chi connectivity index (χ4n) is 1.31. The minimum absolute atomic E-state index is 0.388. The van der Waals surface area contributed by atoms with Gasteiger partial charge in [-0.3, -0.25) is 5.10 Å². The number of ether oxygens (including phenoxy) is 1. The molecular formula is C9H13N5O2. The number of nitrogens with one attached hydrogen (secondary N) is 1. The highest BCUT2D eigenvalue weighted by Crippen LogP contribution is 2.21. The monoisotopic (exact) mass is 223 g/mol. The van der Waals surface area contributed by atoms with Crippen molar-refractivity contribution >= 4 is 5.82 Å². The second-order valence-corrected chi connectivity index (χ2v) is 3.31. The normalized spacial score (nSPS) is 10.8. The highest BCUT2D eigenvalue weighted by Gasteiger charge is 2.12. The van der Waals surface area contributed by atoms with Crippen LogP contribution in [-0.4, -0.2) is 34.1 Å². The first-order valence-electron chi connectivity index (χ1n) is 4.92. The first-order valence-corrected chi connectivity index (χ1v) is 4.92. The van der Waals surface area contributed by atoms with Gasteiger partial charge in [0.25, 0.3) is 5.89 Å². The van der Waals surface area contributed by atoms with Crippen molar-refractivity contribution < 1.29 is 9.26 Å². The molecule has 0 bridgehead atoms. The smallest absolute Gasteiger partial charge is 0.263 e. The van der Waals surface area contributed by atoms with Crippen LogP contribution in [-0.2, 0) is 11.2 Å². The zero-order valence-corrected chi connectivity index (χ0v) is 8.93. The van der Waals surface area contributed by atoms with Crippen molar-refractivity contribution in [3.8, 4) is 11.5 Å². The number of H-pyrrole nitrogens is 1. The second kappa shape index (κ2) is 4.75. The number of nitrogens with two attached hydrogens (primary N) is 1. The van der Waals surface area contributed by atoms with Gasteiger partial charge in [0, 0.05) is 20.1 Å². The lowest BCUT2D eigenvalue weighted by atomic mass is 10.3. The molecule has 0 spiro atoms. The van der Waals surface area contributed by atoms with Crippen LogP contribution in [0.15, 0.2) is 10.7 Å². The summed E-state index contributed by atoms with van der Waals surface area (Å²) in [6.45, 7) is 0.678. The van der Waals surface area contributed by atoms with Gasteiger partial charge in [0.1, 0.15) is 11.4 Å². The Morgan fingerprint density at radius 1 is 1.56 bits per heavy atom. The fourth-order valence-corrected chi connectivity index (χ4v) is 1.31. The topological polar surface area (TPSA) is 103 Å². The molecule has 0 atom stereocenters. The third-order valence-electron chi connectivity index (χ3n) is 2.12. The number of anilines is 1. The first-order chi connectivity index (χ1) is 7.81. The zero-order valence-electron chi connectivity index (χ0n) is 8.93. The van der Waals surface area contributed by atoms with Crippen LogP contribution in [0.2, 0.25) is 0 Å². The third kappa shape index (κ3) is 2.19. The molecule has 0 aliphatic carbocycles. The fraction of sp³-hybridized carbons (Fsp3) is 0.444. The average molecular weight is 223 g/mol. The Morgan fingerprint density at radius 2 is 2.44 bits per heavy atom. The van der Waals surface area contributed by atoms with E-state index in [0.717, 1.165) is 12.8 Å². The molecule has 7 nitrogen and oxygen atoms in total. The van der Waals surface area contributed by atoms with Crippen molar-refractivity contribution in [2.24, 2.45) is 0 Å². The Balaban J connectivity index is 2.05. The lowest BCUT2D eigenvalue weighted by Gasteiger charge is -1.93. The van der Waals surface area contributed by atoms with Crippen LogP contribution in [0.25, 0.3) is 11.5 Å². The van der Waals surface area contributed by atoms with Gasteiger partial charge in [-0.2, -0.15) is 10.1 Å². The third-order valence-corrected chi connectivity index (χ3v) is 2.12. The molecule has 0 fully saturated rings. The van der Waals surface area contributed by atoms with Gasteiger partial charge in [0.05, 0.1) is 6.20 Å². The molecule has 0 aliphatic rings. The number of hydrogen-bond acceptors (Lipinski definition) is 6. The summed E-state index contributed by atoms with van der Waals surface area (Å²) in [5.74, 6) is 1.46. The van der Waals surface area contributed by atoms with E-state index < -0.39 is 0 Å². The van der Waals surface area contributed by atoms with Gasteiger partial charge in [-0.25, -0.2) is 0 Å². The van der Waals surface area contributed by atoms with E-state index in [1.165, 1.54) is 0 Å². The summed E-state index contributed by atoms with van der Waals surface area (Å²) in [4.78, 5) is 4.21. The van der Waals surface area contributed by atoms with Gasteiger partial charge in [0.2, 0.25) is 0 Å². The van der Waals surface area contributed by atoms with Crippen molar-refractivity contribution in [3.05, 3.63) is 12.0 Å². The van der Waals surface area contributed by atoms with Crippen LogP contribution in [0.3, 0.4) is 0 Å². The summed E-state index contributed by atoms with van der Waals surface area (Å²) in [6, 6.07) is 0. The van der Waals surface area contributed by atoms with E-state index in [1.807, 2.05) is 0 Å².